The van der Waals surface area contributed by atoms with Crippen LogP contribution in [0.2, 0.25) is 0 Å². The maximum absolute atomic E-state index is 3.61. The molecule has 1 aliphatic rings. The maximum atomic E-state index is 3.61. The van der Waals surface area contributed by atoms with Crippen molar-refractivity contribution in [2.75, 3.05) is 20.1 Å². The van der Waals surface area contributed by atoms with Crippen molar-refractivity contribution in [3.8, 4) is 0 Å². The summed E-state index contributed by atoms with van der Waals surface area (Å²) in [6.45, 7) is 4.47. The second-order valence-corrected chi connectivity index (χ2v) is 7.73. The first-order valence-electron chi connectivity index (χ1n) is 6.85. The van der Waals surface area contributed by atoms with E-state index in [0.717, 1.165) is 19.1 Å². The average molecular weight is 331 g/mol. The Balaban J connectivity index is 1.68. The lowest BCUT2D eigenvalue weighted by Crippen LogP contribution is -2.36. The summed E-state index contributed by atoms with van der Waals surface area (Å²) in [4.78, 5) is 3.93. The van der Waals surface area contributed by atoms with E-state index in [4.69, 9.17) is 0 Å². The standard InChI is InChI=1S/C14H23BrN2S/c1-11(13-7-8-14(15)18-13)16-9-10-17(2)12-5-3-4-6-12/h7-8,11-12,16H,3-6,9-10H2,1-2H3. The fraction of sp³-hybridized carbons (Fsp3) is 0.714. The summed E-state index contributed by atoms with van der Waals surface area (Å²) in [6, 6.07) is 5.62. The lowest BCUT2D eigenvalue weighted by molar-refractivity contribution is 0.243. The van der Waals surface area contributed by atoms with Crippen molar-refractivity contribution in [1.29, 1.82) is 0 Å². The monoisotopic (exact) mass is 330 g/mol. The van der Waals surface area contributed by atoms with E-state index in [1.807, 2.05) is 11.3 Å². The van der Waals surface area contributed by atoms with Crippen molar-refractivity contribution in [2.24, 2.45) is 0 Å². The van der Waals surface area contributed by atoms with E-state index in [0.29, 0.717) is 6.04 Å². The number of nitrogens with one attached hydrogen (secondary N) is 1. The highest BCUT2D eigenvalue weighted by Gasteiger charge is 2.19. The number of likely N-dealkylation sites (N-methyl/N-ethyl adjacent to an activating group) is 1. The van der Waals surface area contributed by atoms with Crippen LogP contribution >= 0.6 is 27.3 Å². The lowest BCUT2D eigenvalue weighted by Gasteiger charge is -2.24. The first-order chi connectivity index (χ1) is 8.66. The molecule has 18 heavy (non-hydrogen) atoms. The highest BCUT2D eigenvalue weighted by Crippen LogP contribution is 2.27. The van der Waals surface area contributed by atoms with E-state index in [-0.39, 0.29) is 0 Å². The summed E-state index contributed by atoms with van der Waals surface area (Å²) in [6.07, 6.45) is 5.62. The van der Waals surface area contributed by atoms with Crippen molar-refractivity contribution in [3.05, 3.63) is 20.8 Å². The molecule has 0 aliphatic heterocycles. The van der Waals surface area contributed by atoms with Crippen LogP contribution in [0.15, 0.2) is 15.9 Å². The van der Waals surface area contributed by atoms with Gasteiger partial charge in [-0.1, -0.05) is 12.8 Å². The van der Waals surface area contributed by atoms with Gasteiger partial charge in [0, 0.05) is 30.1 Å². The molecule has 1 heterocycles. The Bertz CT molecular complexity index is 360. The van der Waals surface area contributed by atoms with Gasteiger partial charge in [0.25, 0.3) is 0 Å². The van der Waals surface area contributed by atoms with E-state index in [1.165, 1.54) is 34.3 Å². The Morgan fingerprint density at radius 3 is 2.78 bits per heavy atom. The van der Waals surface area contributed by atoms with Crippen molar-refractivity contribution >= 4 is 27.3 Å². The Hall–Kier alpha value is 0.1000. The molecule has 1 aromatic rings. The minimum absolute atomic E-state index is 0.457. The minimum atomic E-state index is 0.457. The normalized spacial score (nSPS) is 18.7. The first-order valence-corrected chi connectivity index (χ1v) is 8.46. The van der Waals surface area contributed by atoms with E-state index in [9.17, 15) is 0 Å². The molecule has 4 heteroatoms. The van der Waals surface area contributed by atoms with Gasteiger partial charge in [-0.3, -0.25) is 0 Å². The highest BCUT2D eigenvalue weighted by atomic mass is 79.9. The maximum Gasteiger partial charge on any atom is 0.0701 e. The molecule has 0 bridgehead atoms. The number of halogens is 1. The molecule has 0 aromatic carbocycles. The molecule has 2 nitrogen and oxygen atoms in total. The second kappa shape index (κ2) is 7.04. The third kappa shape index (κ3) is 4.05. The van der Waals surface area contributed by atoms with Crippen molar-refractivity contribution < 1.29 is 0 Å². The molecule has 1 atom stereocenters. The molecule has 1 N–H and O–H groups in total. The molecule has 1 saturated carbocycles. The van der Waals surface area contributed by atoms with Crippen molar-refractivity contribution in [1.82, 2.24) is 10.2 Å². The number of rotatable bonds is 6. The van der Waals surface area contributed by atoms with Crippen LogP contribution in [0, 0.1) is 0 Å². The molecule has 0 saturated heterocycles. The average Bonchev–Trinajstić information content (AvgIpc) is 2.99. The van der Waals surface area contributed by atoms with Crippen molar-refractivity contribution in [3.63, 3.8) is 0 Å². The summed E-state index contributed by atoms with van der Waals surface area (Å²) in [7, 11) is 2.27. The molecule has 1 fully saturated rings. The van der Waals surface area contributed by atoms with Crippen LogP contribution in [0.3, 0.4) is 0 Å². The molecule has 1 aliphatic carbocycles. The number of thiophene rings is 1. The van der Waals surface area contributed by atoms with Gasteiger partial charge in [0.1, 0.15) is 0 Å². The van der Waals surface area contributed by atoms with Crippen LogP contribution in [-0.2, 0) is 0 Å². The molecule has 0 radical (unpaired) electrons. The third-order valence-corrected chi connectivity index (χ3v) is 5.69. The Morgan fingerprint density at radius 2 is 2.17 bits per heavy atom. The van der Waals surface area contributed by atoms with E-state index in [2.05, 4.69) is 52.3 Å². The predicted octanol–water partition coefficient (Wildman–Crippen LogP) is 4.04. The molecular formula is C14H23BrN2S. The molecule has 1 unspecified atom stereocenters. The summed E-state index contributed by atoms with van der Waals surface area (Å²) in [5.41, 5.74) is 0. The zero-order chi connectivity index (χ0) is 13.0. The summed E-state index contributed by atoms with van der Waals surface area (Å²) >= 11 is 5.34. The van der Waals surface area contributed by atoms with Gasteiger partial charge in [-0.15, -0.1) is 11.3 Å². The molecule has 2 rings (SSSR count). The van der Waals surface area contributed by atoms with Gasteiger partial charge in [-0.2, -0.15) is 0 Å². The Kier molecular flexibility index (Phi) is 5.67. The minimum Gasteiger partial charge on any atom is -0.308 e. The Labute approximate surface area is 123 Å². The fourth-order valence-corrected chi connectivity index (χ4v) is 4.10. The summed E-state index contributed by atoms with van der Waals surface area (Å²) in [5, 5.41) is 3.61. The second-order valence-electron chi connectivity index (χ2n) is 5.24. The van der Waals surface area contributed by atoms with Gasteiger partial charge in [-0.05, 0) is 54.9 Å². The van der Waals surface area contributed by atoms with Crippen LogP contribution < -0.4 is 5.32 Å². The quantitative estimate of drug-likeness (QED) is 0.846. The first kappa shape index (κ1) is 14.5. The van der Waals surface area contributed by atoms with Gasteiger partial charge in [0.15, 0.2) is 0 Å². The third-order valence-electron chi connectivity index (χ3n) is 3.88. The number of nitrogens with zero attached hydrogens (tertiary/aromatic N) is 1. The van der Waals surface area contributed by atoms with E-state index in [1.54, 1.807) is 0 Å². The topological polar surface area (TPSA) is 15.3 Å². The molecule has 0 spiro atoms. The van der Waals surface area contributed by atoms with Crippen LogP contribution in [0.25, 0.3) is 0 Å². The largest absolute Gasteiger partial charge is 0.308 e. The smallest absolute Gasteiger partial charge is 0.0701 e. The number of hydrogen-bond acceptors (Lipinski definition) is 3. The highest BCUT2D eigenvalue weighted by molar-refractivity contribution is 9.11. The molecular weight excluding hydrogens is 308 g/mol. The van der Waals surface area contributed by atoms with Crippen LogP contribution in [0.5, 0.6) is 0 Å². The van der Waals surface area contributed by atoms with E-state index >= 15 is 0 Å². The van der Waals surface area contributed by atoms with Gasteiger partial charge in [-0.25, -0.2) is 0 Å². The van der Waals surface area contributed by atoms with Gasteiger partial charge < -0.3 is 10.2 Å². The van der Waals surface area contributed by atoms with Crippen molar-refractivity contribution in [2.45, 2.75) is 44.7 Å². The zero-order valence-electron chi connectivity index (χ0n) is 11.3. The van der Waals surface area contributed by atoms with Crippen LogP contribution in [0.4, 0.5) is 0 Å². The van der Waals surface area contributed by atoms with Gasteiger partial charge in [0.05, 0.1) is 3.79 Å². The molecule has 1 aromatic heterocycles. The van der Waals surface area contributed by atoms with Gasteiger partial charge in [0.2, 0.25) is 0 Å². The summed E-state index contributed by atoms with van der Waals surface area (Å²) < 4.78 is 1.22. The molecule has 0 amide bonds. The lowest BCUT2D eigenvalue weighted by atomic mass is 10.2. The SMILES string of the molecule is CC(NCCN(C)C1CCCC1)c1ccc(Br)s1. The zero-order valence-corrected chi connectivity index (χ0v) is 13.7. The molecule has 102 valence electrons. The Morgan fingerprint density at radius 1 is 1.44 bits per heavy atom. The van der Waals surface area contributed by atoms with Crippen LogP contribution in [-0.4, -0.2) is 31.1 Å². The van der Waals surface area contributed by atoms with Gasteiger partial charge >= 0.3 is 0 Å². The fourth-order valence-electron chi connectivity index (χ4n) is 2.65. The van der Waals surface area contributed by atoms with Crippen LogP contribution in [0.1, 0.15) is 43.5 Å². The number of hydrogen-bond donors (Lipinski definition) is 1. The predicted molar refractivity (Wildman–Crippen MR) is 83.3 cm³/mol. The summed E-state index contributed by atoms with van der Waals surface area (Å²) in [5.74, 6) is 0. The van der Waals surface area contributed by atoms with E-state index < -0.39 is 0 Å².